The molecule has 0 aliphatic carbocycles. The quantitative estimate of drug-likeness (QED) is 0.751. The second-order valence-electron chi connectivity index (χ2n) is 2.89. The van der Waals surface area contributed by atoms with E-state index in [4.69, 9.17) is 4.42 Å². The van der Waals surface area contributed by atoms with E-state index >= 15 is 0 Å². The first-order valence-electron chi connectivity index (χ1n) is 4.75. The zero-order valence-electron chi connectivity index (χ0n) is 9.02. The number of benzene rings is 1. The van der Waals surface area contributed by atoms with Gasteiger partial charge in [-0.25, -0.2) is 8.42 Å². The molecule has 2 rings (SSSR count). The van der Waals surface area contributed by atoms with Gasteiger partial charge in [0.2, 0.25) is 0 Å². The average molecular weight is 226 g/mol. The highest BCUT2D eigenvalue weighted by Gasteiger charge is 2.08. The van der Waals surface area contributed by atoms with Crippen LogP contribution < -0.4 is 0 Å². The van der Waals surface area contributed by atoms with Crippen LogP contribution in [0.1, 0.15) is 13.8 Å². The lowest BCUT2D eigenvalue weighted by molar-refractivity contribution is 0.599. The standard InChI is InChI=1S/C9H8O3S.C2H6/c1-13(10,11)8-3-2-7-4-5-12-9(7)6-8;1-2/h2-6H,1H3;1-2H3. The summed E-state index contributed by atoms with van der Waals surface area (Å²) in [4.78, 5) is 0.287. The van der Waals surface area contributed by atoms with Crippen molar-refractivity contribution in [2.24, 2.45) is 0 Å². The van der Waals surface area contributed by atoms with Gasteiger partial charge in [0.25, 0.3) is 0 Å². The van der Waals surface area contributed by atoms with E-state index in [0.717, 1.165) is 5.39 Å². The van der Waals surface area contributed by atoms with Crippen LogP contribution in [0.2, 0.25) is 0 Å². The monoisotopic (exact) mass is 226 g/mol. The Morgan fingerprint density at radius 3 is 2.40 bits per heavy atom. The molecule has 0 fully saturated rings. The van der Waals surface area contributed by atoms with Gasteiger partial charge in [-0.3, -0.25) is 0 Å². The number of fused-ring (bicyclic) bond motifs is 1. The second kappa shape index (κ2) is 4.49. The maximum Gasteiger partial charge on any atom is 0.175 e. The van der Waals surface area contributed by atoms with Crippen molar-refractivity contribution < 1.29 is 12.8 Å². The molecule has 0 radical (unpaired) electrons. The van der Waals surface area contributed by atoms with Crippen LogP contribution in [-0.2, 0) is 9.84 Å². The first-order chi connectivity index (χ1) is 7.07. The van der Waals surface area contributed by atoms with Gasteiger partial charge in [0.1, 0.15) is 5.58 Å². The molecule has 2 aromatic rings. The lowest BCUT2D eigenvalue weighted by Gasteiger charge is -1.96. The minimum absolute atomic E-state index is 0.287. The van der Waals surface area contributed by atoms with Crippen LogP contribution in [0.25, 0.3) is 11.0 Å². The molecule has 15 heavy (non-hydrogen) atoms. The van der Waals surface area contributed by atoms with Gasteiger partial charge in [-0.05, 0) is 24.3 Å². The topological polar surface area (TPSA) is 47.3 Å². The zero-order valence-corrected chi connectivity index (χ0v) is 9.84. The predicted octanol–water partition coefficient (Wildman–Crippen LogP) is 2.86. The third-order valence-electron chi connectivity index (χ3n) is 1.86. The van der Waals surface area contributed by atoms with Crippen LogP contribution in [0.3, 0.4) is 0 Å². The number of rotatable bonds is 1. The van der Waals surface area contributed by atoms with Crippen LogP contribution in [0.4, 0.5) is 0 Å². The number of hydrogen-bond donors (Lipinski definition) is 0. The molecule has 1 heterocycles. The van der Waals surface area contributed by atoms with Crippen molar-refractivity contribution in [1.82, 2.24) is 0 Å². The van der Waals surface area contributed by atoms with Gasteiger partial charge in [0, 0.05) is 11.6 Å². The molecule has 0 atom stereocenters. The van der Waals surface area contributed by atoms with E-state index in [2.05, 4.69) is 0 Å². The molecule has 1 aromatic heterocycles. The lowest BCUT2D eigenvalue weighted by atomic mass is 10.3. The summed E-state index contributed by atoms with van der Waals surface area (Å²) in [5.74, 6) is 0. The Hall–Kier alpha value is -1.29. The van der Waals surface area contributed by atoms with Crippen molar-refractivity contribution in [3.8, 4) is 0 Å². The van der Waals surface area contributed by atoms with Crippen LogP contribution >= 0.6 is 0 Å². The average Bonchev–Trinajstić information content (AvgIpc) is 2.66. The van der Waals surface area contributed by atoms with Gasteiger partial charge in [-0.1, -0.05) is 13.8 Å². The van der Waals surface area contributed by atoms with E-state index in [1.165, 1.54) is 18.6 Å². The Balaban J connectivity index is 0.000000531. The summed E-state index contributed by atoms with van der Waals surface area (Å²) in [6.07, 6.45) is 2.72. The van der Waals surface area contributed by atoms with Crippen molar-refractivity contribution in [3.05, 3.63) is 30.5 Å². The SMILES string of the molecule is CC.CS(=O)(=O)c1ccc2ccoc2c1. The summed E-state index contributed by atoms with van der Waals surface area (Å²) in [6.45, 7) is 4.00. The molecule has 1 aromatic carbocycles. The Labute approximate surface area is 89.6 Å². The van der Waals surface area contributed by atoms with Gasteiger partial charge < -0.3 is 4.42 Å². The molecule has 0 unspecified atom stereocenters. The third kappa shape index (κ3) is 2.59. The summed E-state index contributed by atoms with van der Waals surface area (Å²) < 4.78 is 27.4. The summed E-state index contributed by atoms with van der Waals surface area (Å²) in [5.41, 5.74) is 0.600. The summed E-state index contributed by atoms with van der Waals surface area (Å²) in [7, 11) is -3.13. The molecule has 4 heteroatoms. The van der Waals surface area contributed by atoms with E-state index in [1.807, 2.05) is 13.8 Å². The number of sulfone groups is 1. The van der Waals surface area contributed by atoms with Gasteiger partial charge in [0.15, 0.2) is 9.84 Å². The van der Waals surface area contributed by atoms with Gasteiger partial charge >= 0.3 is 0 Å². The van der Waals surface area contributed by atoms with Crippen LogP contribution in [-0.4, -0.2) is 14.7 Å². The van der Waals surface area contributed by atoms with E-state index in [1.54, 1.807) is 18.2 Å². The molecule has 0 N–H and O–H groups in total. The minimum Gasteiger partial charge on any atom is -0.464 e. The molecular formula is C11H14O3S. The normalized spacial score (nSPS) is 10.9. The third-order valence-corrected chi connectivity index (χ3v) is 2.97. The molecule has 0 amide bonds. The van der Waals surface area contributed by atoms with Crippen LogP contribution in [0.5, 0.6) is 0 Å². The Bertz CT molecular complexity index is 538. The molecule has 0 saturated heterocycles. The van der Waals surface area contributed by atoms with Crippen molar-refractivity contribution in [1.29, 1.82) is 0 Å². The first-order valence-corrected chi connectivity index (χ1v) is 6.64. The maximum atomic E-state index is 11.2. The largest absolute Gasteiger partial charge is 0.464 e. The Morgan fingerprint density at radius 2 is 1.80 bits per heavy atom. The maximum absolute atomic E-state index is 11.2. The molecule has 0 aliphatic rings. The second-order valence-corrected chi connectivity index (χ2v) is 4.91. The van der Waals surface area contributed by atoms with Crippen LogP contribution in [0.15, 0.2) is 39.8 Å². The highest BCUT2D eigenvalue weighted by molar-refractivity contribution is 7.90. The van der Waals surface area contributed by atoms with Gasteiger partial charge in [-0.2, -0.15) is 0 Å². The fourth-order valence-electron chi connectivity index (χ4n) is 1.17. The fraction of sp³-hybridized carbons (Fsp3) is 0.273. The summed E-state index contributed by atoms with van der Waals surface area (Å²) in [6, 6.07) is 6.63. The van der Waals surface area contributed by atoms with Crippen LogP contribution in [0, 0.1) is 0 Å². The highest BCUT2D eigenvalue weighted by Crippen LogP contribution is 2.19. The van der Waals surface area contributed by atoms with E-state index in [9.17, 15) is 8.42 Å². The van der Waals surface area contributed by atoms with Crippen molar-refractivity contribution in [2.75, 3.05) is 6.26 Å². The van der Waals surface area contributed by atoms with Crippen molar-refractivity contribution in [2.45, 2.75) is 18.7 Å². The highest BCUT2D eigenvalue weighted by atomic mass is 32.2. The number of furan rings is 1. The smallest absolute Gasteiger partial charge is 0.175 e. The minimum atomic E-state index is -3.13. The molecule has 0 aliphatic heterocycles. The molecular weight excluding hydrogens is 212 g/mol. The zero-order chi connectivity index (χ0) is 11.5. The predicted molar refractivity (Wildman–Crippen MR) is 60.7 cm³/mol. The fourth-order valence-corrected chi connectivity index (χ4v) is 1.80. The van der Waals surface area contributed by atoms with E-state index in [0.29, 0.717) is 5.58 Å². The molecule has 0 spiro atoms. The van der Waals surface area contributed by atoms with E-state index in [-0.39, 0.29) is 4.90 Å². The summed E-state index contributed by atoms with van der Waals surface area (Å²) >= 11 is 0. The van der Waals surface area contributed by atoms with E-state index < -0.39 is 9.84 Å². The number of hydrogen-bond acceptors (Lipinski definition) is 3. The molecule has 3 nitrogen and oxygen atoms in total. The van der Waals surface area contributed by atoms with Gasteiger partial charge in [-0.15, -0.1) is 0 Å². The van der Waals surface area contributed by atoms with Gasteiger partial charge in [0.05, 0.1) is 11.2 Å². The van der Waals surface area contributed by atoms with Crippen molar-refractivity contribution in [3.63, 3.8) is 0 Å². The van der Waals surface area contributed by atoms with Crippen molar-refractivity contribution >= 4 is 20.8 Å². The molecule has 82 valence electrons. The lowest BCUT2D eigenvalue weighted by Crippen LogP contribution is -1.95. The summed E-state index contributed by atoms with van der Waals surface area (Å²) in [5, 5.41) is 0.910. The molecule has 0 bridgehead atoms. The molecule has 0 saturated carbocycles. The Morgan fingerprint density at radius 1 is 1.13 bits per heavy atom. The Kier molecular flexibility index (Phi) is 3.52. The first kappa shape index (κ1) is 11.8.